The topological polar surface area (TPSA) is 88.1 Å². The fraction of sp³-hybridized carbons (Fsp3) is 0.611. The fourth-order valence-electron chi connectivity index (χ4n) is 2.73. The van der Waals surface area contributed by atoms with E-state index in [1.54, 1.807) is 20.4 Å². The molecule has 2 heterocycles. The van der Waals surface area contributed by atoms with Gasteiger partial charge < -0.3 is 25.0 Å². The third-order valence-corrected chi connectivity index (χ3v) is 3.88. The van der Waals surface area contributed by atoms with Crippen molar-refractivity contribution in [2.75, 3.05) is 27.2 Å². The maximum Gasteiger partial charge on any atom is 0.407 e. The van der Waals surface area contributed by atoms with Gasteiger partial charge in [-0.05, 0) is 38.8 Å². The monoisotopic (exact) mass is 491 g/mol. The number of ether oxygens (including phenoxy) is 2. The number of methoxy groups -OCH3 is 1. The van der Waals surface area contributed by atoms with E-state index in [2.05, 4.69) is 25.5 Å². The van der Waals surface area contributed by atoms with Crippen LogP contribution in [-0.4, -0.2) is 60.8 Å². The van der Waals surface area contributed by atoms with Gasteiger partial charge in [0.15, 0.2) is 5.96 Å². The lowest BCUT2D eigenvalue weighted by Crippen LogP contribution is -2.44. The highest BCUT2D eigenvalue weighted by Crippen LogP contribution is 2.13. The molecule has 2 N–H and O–H groups in total. The van der Waals surface area contributed by atoms with Crippen molar-refractivity contribution in [1.82, 2.24) is 20.5 Å². The molecule has 9 heteroatoms. The second-order valence-electron chi connectivity index (χ2n) is 7.19. The second kappa shape index (κ2) is 10.5. The number of aromatic nitrogens is 1. The van der Waals surface area contributed by atoms with Gasteiger partial charge in [-0.1, -0.05) is 0 Å². The number of nitrogens with zero attached hydrogens (tertiary/aromatic N) is 3. The Morgan fingerprint density at radius 1 is 1.44 bits per heavy atom. The molecule has 0 saturated carbocycles. The van der Waals surface area contributed by atoms with Gasteiger partial charge in [0.2, 0.25) is 5.88 Å². The van der Waals surface area contributed by atoms with Crippen LogP contribution in [0.3, 0.4) is 0 Å². The fourth-order valence-corrected chi connectivity index (χ4v) is 2.73. The largest absolute Gasteiger partial charge is 0.481 e. The van der Waals surface area contributed by atoms with Crippen LogP contribution in [0.5, 0.6) is 5.88 Å². The lowest BCUT2D eigenvalue weighted by Gasteiger charge is -2.23. The molecule has 1 aliphatic heterocycles. The number of pyridine rings is 1. The molecular formula is C18H30IN5O3. The molecule has 1 amide bonds. The summed E-state index contributed by atoms with van der Waals surface area (Å²) in [6.07, 6.45) is 2.19. The molecule has 27 heavy (non-hydrogen) atoms. The van der Waals surface area contributed by atoms with Crippen LogP contribution in [0.25, 0.3) is 0 Å². The Morgan fingerprint density at radius 3 is 2.81 bits per heavy atom. The van der Waals surface area contributed by atoms with E-state index in [-0.39, 0.29) is 36.1 Å². The van der Waals surface area contributed by atoms with Crippen LogP contribution < -0.4 is 15.4 Å². The van der Waals surface area contributed by atoms with Crippen LogP contribution in [0.2, 0.25) is 0 Å². The van der Waals surface area contributed by atoms with E-state index >= 15 is 0 Å². The number of aliphatic imine (C=N–C) groups is 1. The average molecular weight is 491 g/mol. The molecule has 1 atom stereocenters. The minimum Gasteiger partial charge on any atom is -0.481 e. The Labute approximate surface area is 178 Å². The van der Waals surface area contributed by atoms with Crippen molar-refractivity contribution in [3.8, 4) is 5.88 Å². The SMILES string of the molecule is CN=C(NCc1ccnc(OC)c1)N1CCC(NC(=O)OC(C)(C)C)C1.I. The Bertz CT molecular complexity index is 648. The normalized spacial score (nSPS) is 17.1. The van der Waals surface area contributed by atoms with E-state index in [0.29, 0.717) is 19.0 Å². The first-order chi connectivity index (χ1) is 12.3. The molecule has 152 valence electrons. The number of alkyl carbamates (subject to hydrolysis) is 1. The molecule has 0 aromatic carbocycles. The summed E-state index contributed by atoms with van der Waals surface area (Å²) >= 11 is 0. The molecule has 1 fully saturated rings. The summed E-state index contributed by atoms with van der Waals surface area (Å²) in [5.74, 6) is 1.39. The Kier molecular flexibility index (Phi) is 9.07. The van der Waals surface area contributed by atoms with E-state index in [4.69, 9.17) is 9.47 Å². The molecule has 1 saturated heterocycles. The van der Waals surface area contributed by atoms with Crippen LogP contribution >= 0.6 is 24.0 Å². The molecule has 0 bridgehead atoms. The number of nitrogens with one attached hydrogen (secondary N) is 2. The van der Waals surface area contributed by atoms with Gasteiger partial charge >= 0.3 is 6.09 Å². The number of carbonyl (C=O) groups is 1. The molecule has 0 spiro atoms. The van der Waals surface area contributed by atoms with E-state index in [1.165, 1.54) is 0 Å². The quantitative estimate of drug-likeness (QED) is 0.382. The first-order valence-electron chi connectivity index (χ1n) is 8.75. The number of likely N-dealkylation sites (tertiary alicyclic amines) is 1. The molecule has 1 aromatic rings. The predicted octanol–water partition coefficient (Wildman–Crippen LogP) is 2.38. The molecule has 2 rings (SSSR count). The highest BCUT2D eigenvalue weighted by atomic mass is 127. The van der Waals surface area contributed by atoms with Gasteiger partial charge in [0.05, 0.1) is 13.2 Å². The first kappa shape index (κ1) is 23.3. The van der Waals surface area contributed by atoms with Crippen LogP contribution in [0.15, 0.2) is 23.3 Å². The summed E-state index contributed by atoms with van der Waals surface area (Å²) in [5.41, 5.74) is 0.562. The van der Waals surface area contributed by atoms with Crippen molar-refractivity contribution in [2.24, 2.45) is 4.99 Å². The van der Waals surface area contributed by atoms with Gasteiger partial charge in [-0.2, -0.15) is 0 Å². The Morgan fingerprint density at radius 2 is 2.19 bits per heavy atom. The van der Waals surface area contributed by atoms with Crippen molar-refractivity contribution in [2.45, 2.75) is 45.4 Å². The van der Waals surface area contributed by atoms with E-state index < -0.39 is 5.60 Å². The predicted molar refractivity (Wildman–Crippen MR) is 116 cm³/mol. The molecule has 1 aliphatic rings. The van der Waals surface area contributed by atoms with Crippen molar-refractivity contribution >= 4 is 36.0 Å². The van der Waals surface area contributed by atoms with Crippen molar-refractivity contribution in [3.05, 3.63) is 23.9 Å². The first-order valence-corrected chi connectivity index (χ1v) is 8.75. The summed E-state index contributed by atoms with van der Waals surface area (Å²) in [4.78, 5) is 22.5. The average Bonchev–Trinajstić information content (AvgIpc) is 3.02. The highest BCUT2D eigenvalue weighted by Gasteiger charge is 2.27. The number of rotatable bonds is 4. The van der Waals surface area contributed by atoms with Gasteiger partial charge in [-0.15, -0.1) is 24.0 Å². The summed E-state index contributed by atoms with van der Waals surface area (Å²) < 4.78 is 10.5. The number of carbonyl (C=O) groups excluding carboxylic acids is 1. The van der Waals surface area contributed by atoms with Crippen molar-refractivity contribution < 1.29 is 14.3 Å². The number of hydrogen-bond donors (Lipinski definition) is 2. The van der Waals surface area contributed by atoms with Gasteiger partial charge in [0.1, 0.15) is 5.60 Å². The van der Waals surface area contributed by atoms with E-state index in [0.717, 1.165) is 24.5 Å². The smallest absolute Gasteiger partial charge is 0.407 e. The minimum absolute atomic E-state index is 0. The summed E-state index contributed by atoms with van der Waals surface area (Å²) in [7, 11) is 3.35. The molecule has 1 unspecified atom stereocenters. The standard InChI is InChI=1S/C18H29N5O3.HI/c1-18(2,3)26-17(24)22-14-7-9-23(12-14)16(19-4)21-11-13-6-8-20-15(10-13)25-5;/h6,8,10,14H,7,9,11-12H2,1-5H3,(H,19,21)(H,22,24);1H. The van der Waals surface area contributed by atoms with Gasteiger partial charge in [-0.25, -0.2) is 9.78 Å². The summed E-state index contributed by atoms with van der Waals surface area (Å²) in [6, 6.07) is 3.86. The Balaban J connectivity index is 0.00000364. The van der Waals surface area contributed by atoms with E-state index in [1.807, 2.05) is 32.9 Å². The van der Waals surface area contributed by atoms with Gasteiger partial charge in [0, 0.05) is 38.9 Å². The second-order valence-corrected chi connectivity index (χ2v) is 7.19. The van der Waals surface area contributed by atoms with Gasteiger partial charge in [0.25, 0.3) is 0 Å². The molecule has 0 aliphatic carbocycles. The minimum atomic E-state index is -0.494. The van der Waals surface area contributed by atoms with Crippen molar-refractivity contribution in [3.63, 3.8) is 0 Å². The number of halogens is 1. The van der Waals surface area contributed by atoms with Crippen LogP contribution in [0.4, 0.5) is 4.79 Å². The zero-order chi connectivity index (χ0) is 19.2. The molecule has 8 nitrogen and oxygen atoms in total. The number of hydrogen-bond acceptors (Lipinski definition) is 5. The molecular weight excluding hydrogens is 461 g/mol. The molecule has 0 radical (unpaired) electrons. The van der Waals surface area contributed by atoms with Crippen LogP contribution in [0, 0.1) is 0 Å². The van der Waals surface area contributed by atoms with Crippen LogP contribution in [0.1, 0.15) is 32.8 Å². The maximum absolute atomic E-state index is 11.9. The summed E-state index contributed by atoms with van der Waals surface area (Å²) in [6.45, 7) is 7.69. The van der Waals surface area contributed by atoms with Crippen molar-refractivity contribution in [1.29, 1.82) is 0 Å². The van der Waals surface area contributed by atoms with Gasteiger partial charge in [-0.3, -0.25) is 4.99 Å². The zero-order valence-corrected chi connectivity index (χ0v) is 18.9. The maximum atomic E-state index is 11.9. The number of amides is 1. The van der Waals surface area contributed by atoms with E-state index in [9.17, 15) is 4.79 Å². The Hall–Kier alpha value is -1.78. The third-order valence-electron chi connectivity index (χ3n) is 3.88. The highest BCUT2D eigenvalue weighted by molar-refractivity contribution is 14.0. The third kappa shape index (κ3) is 7.77. The zero-order valence-electron chi connectivity index (χ0n) is 16.6. The summed E-state index contributed by atoms with van der Waals surface area (Å²) in [5, 5.41) is 6.26. The van der Waals surface area contributed by atoms with Crippen LogP contribution in [-0.2, 0) is 11.3 Å². The lowest BCUT2D eigenvalue weighted by atomic mass is 10.2. The molecule has 1 aromatic heterocycles. The number of guanidine groups is 1. The lowest BCUT2D eigenvalue weighted by molar-refractivity contribution is 0.0507.